The molecule has 1 unspecified atom stereocenters. The van der Waals surface area contributed by atoms with Crippen LogP contribution in [0.5, 0.6) is 0 Å². The summed E-state index contributed by atoms with van der Waals surface area (Å²) in [5.41, 5.74) is 3.60. The second kappa shape index (κ2) is 6.98. The van der Waals surface area contributed by atoms with Gasteiger partial charge in [-0.1, -0.05) is 18.5 Å². The van der Waals surface area contributed by atoms with Crippen molar-refractivity contribution in [1.82, 2.24) is 10.3 Å². The van der Waals surface area contributed by atoms with Crippen LogP contribution >= 0.6 is 22.9 Å². The van der Waals surface area contributed by atoms with E-state index >= 15 is 0 Å². The molecule has 1 N–H and O–H groups in total. The molecule has 5 heteroatoms. The van der Waals surface area contributed by atoms with Crippen molar-refractivity contribution in [3.8, 4) is 0 Å². The fourth-order valence-corrected chi connectivity index (χ4v) is 2.72. The van der Waals surface area contributed by atoms with Crippen LogP contribution in [0, 0.1) is 5.82 Å². The molecule has 1 aromatic heterocycles. The maximum Gasteiger partial charge on any atom is 0.123 e. The largest absolute Gasteiger partial charge is 0.308 e. The first-order chi connectivity index (χ1) is 9.20. The zero-order valence-corrected chi connectivity index (χ0v) is 12.3. The molecule has 19 heavy (non-hydrogen) atoms. The van der Waals surface area contributed by atoms with Crippen LogP contribution in [-0.4, -0.2) is 11.5 Å². The Morgan fingerprint density at radius 3 is 3.00 bits per heavy atom. The van der Waals surface area contributed by atoms with Crippen molar-refractivity contribution < 1.29 is 4.39 Å². The van der Waals surface area contributed by atoms with Crippen molar-refractivity contribution in [1.29, 1.82) is 0 Å². The molecule has 0 saturated carbocycles. The van der Waals surface area contributed by atoms with Gasteiger partial charge >= 0.3 is 0 Å². The van der Waals surface area contributed by atoms with Crippen molar-refractivity contribution >= 4 is 22.9 Å². The first-order valence-electron chi connectivity index (χ1n) is 6.26. The number of hydrogen-bond donors (Lipinski definition) is 1. The number of aromatic nitrogens is 1. The third-order valence-corrected chi connectivity index (χ3v) is 3.85. The first kappa shape index (κ1) is 14.4. The molecular weight excluding hydrogens is 283 g/mol. The van der Waals surface area contributed by atoms with Gasteiger partial charge in [-0.3, -0.25) is 0 Å². The Bertz CT molecular complexity index is 516. The third-order valence-electron chi connectivity index (χ3n) is 2.88. The number of benzene rings is 1. The van der Waals surface area contributed by atoms with E-state index in [-0.39, 0.29) is 11.9 Å². The molecule has 1 heterocycles. The Labute approximate surface area is 121 Å². The van der Waals surface area contributed by atoms with Gasteiger partial charge in [0.05, 0.1) is 17.2 Å². The van der Waals surface area contributed by atoms with Crippen molar-refractivity contribution in [2.45, 2.75) is 25.8 Å². The Morgan fingerprint density at radius 1 is 1.47 bits per heavy atom. The Balaban J connectivity index is 2.17. The molecular formula is C14H16ClFN2S. The summed E-state index contributed by atoms with van der Waals surface area (Å²) in [6.07, 6.45) is 1.68. The average Bonchev–Trinajstić information content (AvgIpc) is 2.92. The van der Waals surface area contributed by atoms with E-state index in [0.717, 1.165) is 24.2 Å². The highest BCUT2D eigenvalue weighted by Crippen LogP contribution is 2.24. The number of halogens is 2. The molecule has 0 saturated heterocycles. The van der Waals surface area contributed by atoms with Crippen LogP contribution in [0.1, 0.15) is 30.6 Å². The normalized spacial score (nSPS) is 12.6. The lowest BCUT2D eigenvalue weighted by molar-refractivity contribution is 0.518. The molecule has 0 amide bonds. The summed E-state index contributed by atoms with van der Waals surface area (Å²) in [5.74, 6) is -0.257. The number of rotatable bonds is 6. The summed E-state index contributed by atoms with van der Waals surface area (Å²) in [7, 11) is 0. The smallest absolute Gasteiger partial charge is 0.123 e. The van der Waals surface area contributed by atoms with Crippen molar-refractivity contribution in [2.75, 3.05) is 6.54 Å². The topological polar surface area (TPSA) is 24.9 Å². The molecule has 1 aromatic carbocycles. The standard InChI is InChI=1S/C14H16ClFN2S/c1-2-5-17-13(14-8-19-9-18-14)7-10-6-11(16)3-4-12(10)15/h3-4,6,8-9,13,17H,2,5,7H2,1H3. The highest BCUT2D eigenvalue weighted by Gasteiger charge is 2.15. The zero-order chi connectivity index (χ0) is 13.7. The first-order valence-corrected chi connectivity index (χ1v) is 7.58. The Morgan fingerprint density at radius 2 is 2.32 bits per heavy atom. The van der Waals surface area contributed by atoms with E-state index in [1.165, 1.54) is 12.1 Å². The molecule has 2 nitrogen and oxygen atoms in total. The number of thiazole rings is 1. The van der Waals surface area contributed by atoms with E-state index in [2.05, 4.69) is 17.2 Å². The van der Waals surface area contributed by atoms with Crippen molar-refractivity contribution in [2.24, 2.45) is 0 Å². The van der Waals surface area contributed by atoms with E-state index in [4.69, 9.17) is 11.6 Å². The average molecular weight is 299 g/mol. The number of nitrogens with zero attached hydrogens (tertiary/aromatic N) is 1. The second-order valence-electron chi connectivity index (χ2n) is 4.36. The van der Waals surface area contributed by atoms with Gasteiger partial charge in [0.2, 0.25) is 0 Å². The highest BCUT2D eigenvalue weighted by molar-refractivity contribution is 7.07. The number of hydrogen-bond acceptors (Lipinski definition) is 3. The van der Waals surface area contributed by atoms with E-state index in [1.807, 2.05) is 10.9 Å². The van der Waals surface area contributed by atoms with Gasteiger partial charge in [0.1, 0.15) is 5.82 Å². The van der Waals surface area contributed by atoms with Gasteiger partial charge in [0.25, 0.3) is 0 Å². The van der Waals surface area contributed by atoms with Crippen molar-refractivity contribution in [3.63, 3.8) is 0 Å². The fraction of sp³-hybridized carbons (Fsp3) is 0.357. The van der Waals surface area contributed by atoms with Gasteiger partial charge in [-0.05, 0) is 43.1 Å². The van der Waals surface area contributed by atoms with Crippen molar-refractivity contribution in [3.05, 3.63) is 51.2 Å². The SMILES string of the molecule is CCCNC(Cc1cc(F)ccc1Cl)c1cscn1. The molecule has 0 spiro atoms. The molecule has 0 aliphatic heterocycles. The lowest BCUT2D eigenvalue weighted by Gasteiger charge is -2.17. The molecule has 0 aliphatic rings. The molecule has 0 radical (unpaired) electrons. The lowest BCUT2D eigenvalue weighted by Crippen LogP contribution is -2.24. The van der Waals surface area contributed by atoms with Crippen LogP contribution in [0.15, 0.2) is 29.1 Å². The summed E-state index contributed by atoms with van der Waals surface area (Å²) in [6.45, 7) is 3.01. The van der Waals surface area contributed by atoms with E-state index in [0.29, 0.717) is 11.4 Å². The zero-order valence-electron chi connectivity index (χ0n) is 10.7. The monoisotopic (exact) mass is 298 g/mol. The predicted octanol–water partition coefficient (Wildman–Crippen LogP) is 4.22. The van der Waals surface area contributed by atoms with E-state index < -0.39 is 0 Å². The van der Waals surface area contributed by atoms with Gasteiger partial charge < -0.3 is 5.32 Å². The summed E-state index contributed by atoms with van der Waals surface area (Å²) < 4.78 is 13.3. The van der Waals surface area contributed by atoms with Crippen LogP contribution in [0.4, 0.5) is 4.39 Å². The molecule has 0 bridgehead atoms. The summed E-state index contributed by atoms with van der Waals surface area (Å²) in [4.78, 5) is 4.34. The van der Waals surface area contributed by atoms with Gasteiger partial charge in [-0.2, -0.15) is 0 Å². The molecule has 1 atom stereocenters. The number of nitrogens with one attached hydrogen (secondary N) is 1. The van der Waals surface area contributed by atoms with Gasteiger partial charge in [0.15, 0.2) is 0 Å². The van der Waals surface area contributed by atoms with Crippen LogP contribution in [-0.2, 0) is 6.42 Å². The minimum absolute atomic E-state index is 0.0745. The van der Waals surface area contributed by atoms with Crippen LogP contribution in [0.3, 0.4) is 0 Å². The van der Waals surface area contributed by atoms with Crippen LogP contribution in [0.25, 0.3) is 0 Å². The minimum atomic E-state index is -0.257. The maximum absolute atomic E-state index is 13.3. The maximum atomic E-state index is 13.3. The quantitative estimate of drug-likeness (QED) is 0.864. The molecule has 102 valence electrons. The highest BCUT2D eigenvalue weighted by atomic mass is 35.5. The molecule has 0 fully saturated rings. The second-order valence-corrected chi connectivity index (χ2v) is 5.49. The lowest BCUT2D eigenvalue weighted by atomic mass is 10.0. The van der Waals surface area contributed by atoms with Gasteiger partial charge in [0, 0.05) is 10.4 Å². The minimum Gasteiger partial charge on any atom is -0.308 e. The third kappa shape index (κ3) is 4.00. The van der Waals surface area contributed by atoms with E-state index in [9.17, 15) is 4.39 Å². The van der Waals surface area contributed by atoms with Gasteiger partial charge in [-0.25, -0.2) is 9.37 Å². The molecule has 0 aliphatic carbocycles. The summed E-state index contributed by atoms with van der Waals surface area (Å²) in [6, 6.07) is 4.55. The van der Waals surface area contributed by atoms with Crippen LogP contribution < -0.4 is 5.32 Å². The predicted molar refractivity (Wildman–Crippen MR) is 78.3 cm³/mol. The fourth-order valence-electron chi connectivity index (χ4n) is 1.91. The Hall–Kier alpha value is -0.970. The van der Waals surface area contributed by atoms with Crippen LogP contribution in [0.2, 0.25) is 5.02 Å². The summed E-state index contributed by atoms with van der Waals surface area (Å²) >= 11 is 7.68. The van der Waals surface area contributed by atoms with Gasteiger partial charge in [-0.15, -0.1) is 11.3 Å². The Kier molecular flexibility index (Phi) is 5.31. The molecule has 2 rings (SSSR count). The summed E-state index contributed by atoms with van der Waals surface area (Å²) in [5, 5.41) is 6.04. The van der Waals surface area contributed by atoms with E-state index in [1.54, 1.807) is 17.4 Å². The molecule has 2 aromatic rings.